The van der Waals surface area contributed by atoms with E-state index in [9.17, 15) is 4.79 Å². The molecule has 6 nitrogen and oxygen atoms in total. The number of carbonyl (C=O) groups excluding carboxylic acids is 1. The number of amides is 1. The lowest BCUT2D eigenvalue weighted by Gasteiger charge is -2.12. The van der Waals surface area contributed by atoms with Crippen LogP contribution in [0.3, 0.4) is 0 Å². The van der Waals surface area contributed by atoms with E-state index in [1.54, 1.807) is 12.1 Å². The largest absolute Gasteiger partial charge is 0.493 e. The maximum absolute atomic E-state index is 12.6. The third kappa shape index (κ3) is 4.31. The predicted molar refractivity (Wildman–Crippen MR) is 117 cm³/mol. The van der Waals surface area contributed by atoms with Gasteiger partial charge in [-0.25, -0.2) is 5.43 Å². The second kappa shape index (κ2) is 9.15. The van der Waals surface area contributed by atoms with Crippen molar-refractivity contribution in [3.63, 3.8) is 0 Å². The molecule has 0 aliphatic heterocycles. The third-order valence-corrected chi connectivity index (χ3v) is 6.03. The first-order chi connectivity index (χ1) is 14.0. The maximum atomic E-state index is 12.6. The van der Waals surface area contributed by atoms with Gasteiger partial charge in [-0.05, 0) is 30.2 Å². The lowest BCUT2D eigenvalue weighted by atomic mass is 10.1. The zero-order chi connectivity index (χ0) is 21.0. The van der Waals surface area contributed by atoms with Gasteiger partial charge in [-0.2, -0.15) is 5.10 Å². The minimum Gasteiger partial charge on any atom is -0.493 e. The highest BCUT2D eigenvalue weighted by atomic mass is 35.5. The Morgan fingerprint density at radius 3 is 2.41 bits per heavy atom. The fourth-order valence-electron chi connectivity index (χ4n) is 2.87. The van der Waals surface area contributed by atoms with E-state index in [-0.39, 0.29) is 5.91 Å². The van der Waals surface area contributed by atoms with Crippen molar-refractivity contribution in [1.82, 2.24) is 5.43 Å². The van der Waals surface area contributed by atoms with Crippen molar-refractivity contribution in [3.8, 4) is 17.2 Å². The van der Waals surface area contributed by atoms with E-state index >= 15 is 0 Å². The van der Waals surface area contributed by atoms with Gasteiger partial charge in [-0.15, -0.1) is 11.3 Å². The first-order valence-corrected chi connectivity index (χ1v) is 10.1. The molecule has 1 aromatic heterocycles. The van der Waals surface area contributed by atoms with Gasteiger partial charge in [0.1, 0.15) is 4.88 Å². The van der Waals surface area contributed by atoms with Crippen LogP contribution in [0, 0.1) is 0 Å². The summed E-state index contributed by atoms with van der Waals surface area (Å²) in [7, 11) is 4.60. The van der Waals surface area contributed by atoms with Crippen LogP contribution in [0.4, 0.5) is 0 Å². The number of fused-ring (bicyclic) bond motifs is 1. The van der Waals surface area contributed by atoms with E-state index in [1.807, 2.05) is 12.1 Å². The zero-order valence-electron chi connectivity index (χ0n) is 16.5. The molecule has 0 aliphatic carbocycles. The monoisotopic (exact) mass is 432 g/mol. The summed E-state index contributed by atoms with van der Waals surface area (Å²) in [5.41, 5.74) is 4.40. The molecule has 8 heteroatoms. The number of hydrogen-bond donors (Lipinski definition) is 1. The number of halogens is 1. The summed E-state index contributed by atoms with van der Waals surface area (Å²) in [5, 5.41) is 5.35. The average Bonchev–Trinajstić information content (AvgIpc) is 3.08. The quantitative estimate of drug-likeness (QED) is 0.425. The summed E-state index contributed by atoms with van der Waals surface area (Å²) >= 11 is 7.76. The standard InChI is InChI=1S/C21H21ClN2O4S/c1-5-12-6-7-14-17(10-12)29-20(18(14)22)21(25)24-23-11-13-8-15(26-2)19(28-4)16(9-13)27-3/h6-11H,5H2,1-4H3,(H,24,25). The number of carbonyl (C=O) groups is 1. The maximum Gasteiger partial charge on any atom is 0.283 e. The molecule has 3 aromatic rings. The Bertz CT molecular complexity index is 1050. The average molecular weight is 433 g/mol. The predicted octanol–water partition coefficient (Wildman–Crippen LogP) is 4.91. The molecule has 152 valence electrons. The van der Waals surface area contributed by atoms with Crippen molar-refractivity contribution < 1.29 is 19.0 Å². The van der Waals surface area contributed by atoms with Crippen LogP contribution in [0.25, 0.3) is 10.1 Å². The molecule has 0 aliphatic rings. The van der Waals surface area contributed by atoms with Crippen LogP contribution in [0.15, 0.2) is 35.4 Å². The first-order valence-electron chi connectivity index (χ1n) is 8.86. The molecule has 0 saturated carbocycles. The van der Waals surface area contributed by atoms with E-state index in [4.69, 9.17) is 25.8 Å². The molecule has 0 unspecified atom stereocenters. The molecular formula is C21H21ClN2O4S. The fraction of sp³-hybridized carbons (Fsp3) is 0.238. The summed E-state index contributed by atoms with van der Waals surface area (Å²) in [5.74, 6) is 1.12. The number of aryl methyl sites for hydroxylation is 1. The van der Waals surface area contributed by atoms with Gasteiger partial charge in [0, 0.05) is 15.6 Å². The van der Waals surface area contributed by atoms with Crippen LogP contribution < -0.4 is 19.6 Å². The third-order valence-electron chi connectivity index (χ3n) is 4.38. The number of nitrogens with zero attached hydrogens (tertiary/aromatic N) is 1. The smallest absolute Gasteiger partial charge is 0.283 e. The van der Waals surface area contributed by atoms with Gasteiger partial charge in [0.2, 0.25) is 5.75 Å². The van der Waals surface area contributed by atoms with E-state index in [0.717, 1.165) is 16.5 Å². The molecule has 0 saturated heterocycles. The van der Waals surface area contributed by atoms with E-state index in [1.165, 1.54) is 44.4 Å². The first kappa shape index (κ1) is 21.0. The lowest BCUT2D eigenvalue weighted by molar-refractivity contribution is 0.0959. The van der Waals surface area contributed by atoms with Gasteiger partial charge in [-0.1, -0.05) is 30.7 Å². The summed E-state index contributed by atoms with van der Waals surface area (Å²) in [6.07, 6.45) is 2.42. The minimum absolute atomic E-state index is 0.363. The zero-order valence-corrected chi connectivity index (χ0v) is 18.1. The fourth-order valence-corrected chi connectivity index (χ4v) is 4.34. The number of benzene rings is 2. The molecule has 1 amide bonds. The summed E-state index contributed by atoms with van der Waals surface area (Å²) in [6, 6.07) is 9.49. The molecule has 1 N–H and O–H groups in total. The molecule has 0 radical (unpaired) electrons. The van der Waals surface area contributed by atoms with Crippen molar-refractivity contribution >= 4 is 45.1 Å². The van der Waals surface area contributed by atoms with Gasteiger partial charge >= 0.3 is 0 Å². The normalized spacial score (nSPS) is 11.1. The van der Waals surface area contributed by atoms with Crippen LogP contribution in [-0.4, -0.2) is 33.5 Å². The van der Waals surface area contributed by atoms with Crippen LogP contribution >= 0.6 is 22.9 Å². The topological polar surface area (TPSA) is 69.2 Å². The van der Waals surface area contributed by atoms with Crippen LogP contribution in [0.1, 0.15) is 27.7 Å². The van der Waals surface area contributed by atoms with Crippen LogP contribution in [0.5, 0.6) is 17.2 Å². The number of nitrogens with one attached hydrogen (secondary N) is 1. The van der Waals surface area contributed by atoms with Gasteiger partial charge in [-0.3, -0.25) is 4.79 Å². The molecule has 0 fully saturated rings. The van der Waals surface area contributed by atoms with Crippen molar-refractivity contribution in [2.75, 3.05) is 21.3 Å². The summed E-state index contributed by atoms with van der Waals surface area (Å²) < 4.78 is 16.9. The SMILES string of the molecule is CCc1ccc2c(Cl)c(C(=O)NN=Cc3cc(OC)c(OC)c(OC)c3)sc2c1. The minimum atomic E-state index is -0.363. The Kier molecular flexibility index (Phi) is 6.61. The lowest BCUT2D eigenvalue weighted by Crippen LogP contribution is -2.16. The van der Waals surface area contributed by atoms with Gasteiger partial charge in [0.05, 0.1) is 32.6 Å². The highest BCUT2D eigenvalue weighted by molar-refractivity contribution is 7.21. The van der Waals surface area contributed by atoms with Gasteiger partial charge < -0.3 is 14.2 Å². The van der Waals surface area contributed by atoms with Crippen molar-refractivity contribution in [2.45, 2.75) is 13.3 Å². The van der Waals surface area contributed by atoms with Crippen molar-refractivity contribution in [1.29, 1.82) is 0 Å². The Balaban J connectivity index is 1.81. The van der Waals surface area contributed by atoms with Crippen molar-refractivity contribution in [2.24, 2.45) is 5.10 Å². The van der Waals surface area contributed by atoms with Crippen LogP contribution in [-0.2, 0) is 6.42 Å². The van der Waals surface area contributed by atoms with Gasteiger partial charge in [0.15, 0.2) is 11.5 Å². The molecule has 2 aromatic carbocycles. The van der Waals surface area contributed by atoms with Gasteiger partial charge in [0.25, 0.3) is 5.91 Å². The highest BCUT2D eigenvalue weighted by Crippen LogP contribution is 2.38. The molecule has 0 spiro atoms. The molecule has 1 heterocycles. The van der Waals surface area contributed by atoms with Crippen molar-refractivity contribution in [3.05, 3.63) is 51.4 Å². The Hall–Kier alpha value is -2.77. The number of thiophene rings is 1. The molecule has 29 heavy (non-hydrogen) atoms. The molecule has 0 bridgehead atoms. The van der Waals surface area contributed by atoms with E-state index in [0.29, 0.717) is 32.7 Å². The second-order valence-electron chi connectivity index (χ2n) is 6.09. The number of hydrazone groups is 1. The number of ether oxygens (including phenoxy) is 3. The summed E-state index contributed by atoms with van der Waals surface area (Å²) in [4.78, 5) is 13.0. The Morgan fingerprint density at radius 1 is 1.14 bits per heavy atom. The number of hydrogen-bond acceptors (Lipinski definition) is 6. The summed E-state index contributed by atoms with van der Waals surface area (Å²) in [6.45, 7) is 2.09. The number of methoxy groups -OCH3 is 3. The molecular weight excluding hydrogens is 412 g/mol. The van der Waals surface area contributed by atoms with E-state index in [2.05, 4.69) is 23.5 Å². The molecule has 3 rings (SSSR count). The Labute approximate surface area is 178 Å². The Morgan fingerprint density at radius 2 is 1.83 bits per heavy atom. The number of rotatable bonds is 7. The van der Waals surface area contributed by atoms with Crippen LogP contribution in [0.2, 0.25) is 5.02 Å². The van der Waals surface area contributed by atoms with E-state index < -0.39 is 0 Å². The molecule has 0 atom stereocenters. The highest BCUT2D eigenvalue weighted by Gasteiger charge is 2.17. The second-order valence-corrected chi connectivity index (χ2v) is 7.52.